The number of nitrogens with one attached hydrogen (secondary N) is 2. The Morgan fingerprint density at radius 2 is 2.00 bits per heavy atom. The van der Waals surface area contributed by atoms with Crippen molar-refractivity contribution in [3.63, 3.8) is 0 Å². The first kappa shape index (κ1) is 17.0. The van der Waals surface area contributed by atoms with Crippen LogP contribution in [0.2, 0.25) is 0 Å². The molecule has 2 N–H and O–H groups in total. The van der Waals surface area contributed by atoms with Crippen molar-refractivity contribution >= 4 is 17.8 Å². The van der Waals surface area contributed by atoms with Gasteiger partial charge in [0.15, 0.2) is 0 Å². The normalized spacial score (nSPS) is 20.8. The molecule has 9 heteroatoms. The van der Waals surface area contributed by atoms with E-state index < -0.39 is 29.5 Å². The number of rotatable bonds is 3. The molecular weight excluding hydrogens is 337 g/mol. The average molecular weight is 352 g/mol. The number of hydrogen-bond acceptors (Lipinski definition) is 3. The summed E-state index contributed by atoms with van der Waals surface area (Å²) in [6.07, 6.45) is -1.46. The van der Waals surface area contributed by atoms with Crippen molar-refractivity contribution in [1.82, 2.24) is 14.9 Å². The van der Waals surface area contributed by atoms with E-state index in [1.807, 2.05) is 0 Å². The average Bonchev–Trinajstić information content (AvgIpc) is 3.15. The molecule has 1 aromatic heterocycles. The number of carbonyl (C=O) groups excluding carboxylic acids is 2. The Hall–Kier alpha value is -2.84. The molecule has 0 unspecified atom stereocenters. The van der Waals surface area contributed by atoms with E-state index in [-0.39, 0.29) is 18.4 Å². The van der Waals surface area contributed by atoms with Gasteiger partial charge in [0.2, 0.25) is 17.8 Å². The maximum atomic E-state index is 12.7. The van der Waals surface area contributed by atoms with Crippen molar-refractivity contribution in [3.05, 3.63) is 47.8 Å². The van der Waals surface area contributed by atoms with E-state index >= 15 is 0 Å². The Morgan fingerprint density at radius 3 is 2.56 bits per heavy atom. The lowest BCUT2D eigenvalue weighted by Gasteiger charge is -2.17. The summed E-state index contributed by atoms with van der Waals surface area (Å²) in [5.41, 5.74) is -0.268. The molecule has 6 nitrogen and oxygen atoms in total. The van der Waals surface area contributed by atoms with Crippen LogP contribution in [0.1, 0.15) is 17.0 Å². The number of hydrogen-bond donors (Lipinski definition) is 2. The summed E-state index contributed by atoms with van der Waals surface area (Å²) in [7, 11) is 1.56. The summed E-state index contributed by atoms with van der Waals surface area (Å²) in [5, 5.41) is 2.52. The number of carbonyl (C=O) groups is 2. The summed E-state index contributed by atoms with van der Waals surface area (Å²) in [6.45, 7) is 0.250. The Kier molecular flexibility index (Phi) is 4.23. The predicted octanol–water partition coefficient (Wildman–Crippen LogP) is 2.24. The highest BCUT2D eigenvalue weighted by Crippen LogP contribution is 2.36. The van der Waals surface area contributed by atoms with E-state index in [2.05, 4.69) is 15.3 Å². The van der Waals surface area contributed by atoms with Crippen LogP contribution in [0.4, 0.5) is 19.1 Å². The summed E-state index contributed by atoms with van der Waals surface area (Å²) in [6, 6.07) is 4.54. The van der Waals surface area contributed by atoms with Gasteiger partial charge in [-0.25, -0.2) is 4.98 Å². The van der Waals surface area contributed by atoms with Crippen LogP contribution in [-0.4, -0.2) is 40.3 Å². The summed E-state index contributed by atoms with van der Waals surface area (Å²) in [4.78, 5) is 32.8. The molecule has 1 aromatic carbocycles. The number of aromatic nitrogens is 2. The van der Waals surface area contributed by atoms with E-state index in [0.717, 1.165) is 12.1 Å². The Balaban J connectivity index is 1.85. The third-order valence-corrected chi connectivity index (χ3v) is 4.20. The fraction of sp³-hybridized carbons (Fsp3) is 0.312. The van der Waals surface area contributed by atoms with Gasteiger partial charge in [-0.2, -0.15) is 13.2 Å². The highest BCUT2D eigenvalue weighted by molar-refractivity contribution is 6.07. The molecule has 0 bridgehead atoms. The fourth-order valence-corrected chi connectivity index (χ4v) is 2.94. The zero-order chi connectivity index (χ0) is 18.2. The zero-order valence-corrected chi connectivity index (χ0v) is 13.2. The maximum Gasteiger partial charge on any atom is 0.416 e. The number of nitrogens with zero attached hydrogens (tertiary/aromatic N) is 2. The first-order chi connectivity index (χ1) is 11.8. The molecule has 0 radical (unpaired) electrons. The summed E-state index contributed by atoms with van der Waals surface area (Å²) < 4.78 is 38.1. The van der Waals surface area contributed by atoms with Gasteiger partial charge >= 0.3 is 6.18 Å². The van der Waals surface area contributed by atoms with Crippen molar-refractivity contribution in [1.29, 1.82) is 0 Å². The molecule has 132 valence electrons. The molecule has 2 amide bonds. The van der Waals surface area contributed by atoms with Crippen LogP contribution in [-0.2, 0) is 15.8 Å². The molecule has 2 heterocycles. The van der Waals surface area contributed by atoms with Crippen molar-refractivity contribution in [3.8, 4) is 0 Å². The number of halogens is 3. The highest BCUT2D eigenvalue weighted by atomic mass is 19.4. The molecule has 1 aliphatic heterocycles. The summed E-state index contributed by atoms with van der Waals surface area (Å²) >= 11 is 0. The third-order valence-electron chi connectivity index (χ3n) is 4.20. The minimum atomic E-state index is -4.43. The van der Waals surface area contributed by atoms with Crippen molar-refractivity contribution in [2.45, 2.75) is 12.1 Å². The van der Waals surface area contributed by atoms with Gasteiger partial charge in [0.25, 0.3) is 0 Å². The van der Waals surface area contributed by atoms with Crippen molar-refractivity contribution < 1.29 is 22.8 Å². The lowest BCUT2D eigenvalue weighted by atomic mass is 9.87. The second-order valence-corrected chi connectivity index (χ2v) is 5.85. The van der Waals surface area contributed by atoms with E-state index in [0.29, 0.717) is 5.56 Å². The van der Waals surface area contributed by atoms with Crippen LogP contribution in [0.15, 0.2) is 36.7 Å². The number of anilines is 1. The molecular formula is C16H15F3N4O2. The number of likely N-dealkylation sites (tertiary alicyclic amines) is 1. The number of alkyl halides is 3. The second-order valence-electron chi connectivity index (χ2n) is 5.85. The largest absolute Gasteiger partial charge is 0.416 e. The number of H-pyrrole nitrogens is 1. The topological polar surface area (TPSA) is 78.1 Å². The van der Waals surface area contributed by atoms with Crippen LogP contribution in [0.25, 0.3) is 0 Å². The molecule has 1 fully saturated rings. The molecule has 0 aliphatic carbocycles. The van der Waals surface area contributed by atoms with Crippen LogP contribution in [0, 0.1) is 5.92 Å². The van der Waals surface area contributed by atoms with Crippen LogP contribution >= 0.6 is 0 Å². The highest BCUT2D eigenvalue weighted by Gasteiger charge is 2.44. The molecule has 1 saturated heterocycles. The molecule has 2 aromatic rings. The molecule has 2 atom stereocenters. The fourth-order valence-electron chi connectivity index (χ4n) is 2.94. The van der Waals surface area contributed by atoms with Gasteiger partial charge in [-0.15, -0.1) is 0 Å². The first-order valence-electron chi connectivity index (χ1n) is 7.50. The molecule has 3 rings (SSSR count). The number of aromatic amines is 1. The minimum absolute atomic E-state index is 0.207. The van der Waals surface area contributed by atoms with Crippen molar-refractivity contribution in [2.75, 3.05) is 18.9 Å². The van der Waals surface area contributed by atoms with Gasteiger partial charge in [-0.3, -0.25) is 14.9 Å². The van der Waals surface area contributed by atoms with E-state index in [4.69, 9.17) is 0 Å². The van der Waals surface area contributed by atoms with Gasteiger partial charge in [0.05, 0.1) is 5.56 Å². The summed E-state index contributed by atoms with van der Waals surface area (Å²) in [5.74, 6) is -2.27. The minimum Gasteiger partial charge on any atom is -0.344 e. The SMILES string of the molecule is CN1C[C@@H](c2ccc(C(F)(F)F)cc2)[C@H](C(=O)Nc2ncc[nH]2)C1=O. The van der Waals surface area contributed by atoms with Crippen molar-refractivity contribution in [2.24, 2.45) is 5.92 Å². The third kappa shape index (κ3) is 3.35. The Morgan fingerprint density at radius 1 is 1.32 bits per heavy atom. The standard InChI is InChI=1S/C16H15F3N4O2/c1-23-8-11(9-2-4-10(5-3-9)16(17,18)19)12(14(23)25)13(24)22-15-20-6-7-21-15/h2-7,11-12H,8H2,1H3,(H2,20,21,22,24)/t11-,12+/m0/s1. The lowest BCUT2D eigenvalue weighted by Crippen LogP contribution is -2.33. The molecule has 1 aliphatic rings. The second kappa shape index (κ2) is 6.23. The Labute approximate surface area is 141 Å². The number of amides is 2. The quantitative estimate of drug-likeness (QED) is 0.832. The zero-order valence-electron chi connectivity index (χ0n) is 13.2. The van der Waals surface area contributed by atoms with Crippen LogP contribution < -0.4 is 5.32 Å². The van der Waals surface area contributed by atoms with Crippen LogP contribution in [0.5, 0.6) is 0 Å². The molecule has 0 spiro atoms. The number of imidazole rings is 1. The van der Waals surface area contributed by atoms with Crippen LogP contribution in [0.3, 0.4) is 0 Å². The maximum absolute atomic E-state index is 12.7. The van der Waals surface area contributed by atoms with E-state index in [1.165, 1.54) is 29.4 Å². The first-order valence-corrected chi connectivity index (χ1v) is 7.50. The number of likely N-dealkylation sites (N-methyl/N-ethyl adjacent to an activating group) is 1. The lowest BCUT2D eigenvalue weighted by molar-refractivity contribution is -0.138. The predicted molar refractivity (Wildman–Crippen MR) is 82.5 cm³/mol. The van der Waals surface area contributed by atoms with Gasteiger partial charge in [0.1, 0.15) is 5.92 Å². The smallest absolute Gasteiger partial charge is 0.344 e. The van der Waals surface area contributed by atoms with Gasteiger partial charge in [-0.1, -0.05) is 12.1 Å². The van der Waals surface area contributed by atoms with E-state index in [1.54, 1.807) is 7.05 Å². The molecule has 25 heavy (non-hydrogen) atoms. The monoisotopic (exact) mass is 352 g/mol. The van der Waals surface area contributed by atoms with E-state index in [9.17, 15) is 22.8 Å². The van der Waals surface area contributed by atoms with Gasteiger partial charge in [0, 0.05) is 31.9 Å². The van der Waals surface area contributed by atoms with Gasteiger partial charge < -0.3 is 9.88 Å². The van der Waals surface area contributed by atoms with Gasteiger partial charge in [-0.05, 0) is 17.7 Å². The molecule has 0 saturated carbocycles. The Bertz CT molecular complexity index is 772. The number of benzene rings is 1.